The lowest BCUT2D eigenvalue weighted by Gasteiger charge is -2.21. The fraction of sp³-hybridized carbons (Fsp3) is 0.615. The summed E-state index contributed by atoms with van der Waals surface area (Å²) >= 11 is 1.70. The summed E-state index contributed by atoms with van der Waals surface area (Å²) in [5.74, 6) is 0.564. The van der Waals surface area contributed by atoms with Gasteiger partial charge in [0.25, 0.3) is 0 Å². The summed E-state index contributed by atoms with van der Waals surface area (Å²) in [6.45, 7) is 5.16. The van der Waals surface area contributed by atoms with Crippen LogP contribution in [0.2, 0.25) is 0 Å². The van der Waals surface area contributed by atoms with Crippen LogP contribution in [0.4, 0.5) is 0 Å². The maximum absolute atomic E-state index is 11.8. The van der Waals surface area contributed by atoms with Gasteiger partial charge in [0.15, 0.2) is 0 Å². The lowest BCUT2D eigenvalue weighted by atomic mass is 10.0. The molecule has 0 aliphatic heterocycles. The van der Waals surface area contributed by atoms with E-state index in [2.05, 4.69) is 35.9 Å². The smallest absolute Gasteiger partial charge is 0.220 e. The fourth-order valence-electron chi connectivity index (χ4n) is 1.71. The number of nitrogens with one attached hydrogen (secondary N) is 2. The van der Waals surface area contributed by atoms with Crippen LogP contribution < -0.4 is 10.6 Å². The average Bonchev–Trinajstić information content (AvgIpc) is 2.79. The van der Waals surface area contributed by atoms with Gasteiger partial charge in [0.05, 0.1) is 6.04 Å². The van der Waals surface area contributed by atoms with Crippen molar-refractivity contribution in [1.82, 2.24) is 10.6 Å². The summed E-state index contributed by atoms with van der Waals surface area (Å²) < 4.78 is 0. The quantitative estimate of drug-likeness (QED) is 0.734. The molecule has 3 nitrogen and oxygen atoms in total. The molecule has 1 heterocycles. The van der Waals surface area contributed by atoms with E-state index in [1.165, 1.54) is 4.88 Å². The fourth-order valence-corrected chi connectivity index (χ4v) is 2.65. The van der Waals surface area contributed by atoms with Crippen LogP contribution in [0.5, 0.6) is 0 Å². The Morgan fingerprint density at radius 3 is 2.76 bits per heavy atom. The molecule has 0 radical (unpaired) electrons. The Balaban J connectivity index is 2.48. The highest BCUT2D eigenvalue weighted by molar-refractivity contribution is 7.10. The Bertz CT molecular complexity index is 322. The van der Waals surface area contributed by atoms with Crippen LogP contribution in [-0.2, 0) is 4.79 Å². The molecule has 0 spiro atoms. The first kappa shape index (κ1) is 14.2. The molecule has 0 aromatic carbocycles. The Morgan fingerprint density at radius 2 is 2.24 bits per heavy atom. The Morgan fingerprint density at radius 1 is 1.47 bits per heavy atom. The molecule has 1 aromatic rings. The van der Waals surface area contributed by atoms with Gasteiger partial charge in [-0.3, -0.25) is 4.79 Å². The minimum Gasteiger partial charge on any atom is -0.348 e. The van der Waals surface area contributed by atoms with Crippen molar-refractivity contribution in [3.05, 3.63) is 22.4 Å². The SMILES string of the molecule is CNCCCC(=O)NC(c1cccs1)C(C)C. The molecular weight excluding hydrogens is 232 g/mol. The van der Waals surface area contributed by atoms with E-state index in [4.69, 9.17) is 0 Å². The van der Waals surface area contributed by atoms with E-state index in [1.807, 2.05) is 13.1 Å². The van der Waals surface area contributed by atoms with Gasteiger partial charge in [-0.05, 0) is 37.4 Å². The number of carbonyl (C=O) groups excluding carboxylic acids is 1. The minimum absolute atomic E-state index is 0.146. The normalized spacial score (nSPS) is 12.7. The molecule has 0 saturated heterocycles. The van der Waals surface area contributed by atoms with Crippen LogP contribution in [0.25, 0.3) is 0 Å². The summed E-state index contributed by atoms with van der Waals surface area (Å²) in [6, 6.07) is 4.27. The zero-order valence-electron chi connectivity index (χ0n) is 10.8. The molecule has 1 amide bonds. The van der Waals surface area contributed by atoms with E-state index in [9.17, 15) is 4.79 Å². The van der Waals surface area contributed by atoms with Gasteiger partial charge >= 0.3 is 0 Å². The second kappa shape index (κ2) is 7.45. The van der Waals surface area contributed by atoms with Crippen molar-refractivity contribution in [2.45, 2.75) is 32.7 Å². The number of amides is 1. The minimum atomic E-state index is 0.146. The van der Waals surface area contributed by atoms with E-state index in [0.717, 1.165) is 13.0 Å². The van der Waals surface area contributed by atoms with Crippen LogP contribution in [0.15, 0.2) is 17.5 Å². The van der Waals surface area contributed by atoms with Gasteiger partial charge in [-0.2, -0.15) is 0 Å². The summed E-state index contributed by atoms with van der Waals surface area (Å²) in [5.41, 5.74) is 0. The van der Waals surface area contributed by atoms with Gasteiger partial charge in [0.2, 0.25) is 5.91 Å². The van der Waals surface area contributed by atoms with Crippen LogP contribution in [0, 0.1) is 5.92 Å². The van der Waals surface area contributed by atoms with Crippen LogP contribution in [0.1, 0.15) is 37.6 Å². The molecule has 1 rings (SSSR count). The summed E-state index contributed by atoms with van der Waals surface area (Å²) in [7, 11) is 1.90. The third-order valence-electron chi connectivity index (χ3n) is 2.66. The number of rotatable bonds is 7. The first-order valence-electron chi connectivity index (χ1n) is 6.12. The van der Waals surface area contributed by atoms with Gasteiger partial charge in [-0.15, -0.1) is 11.3 Å². The lowest BCUT2D eigenvalue weighted by molar-refractivity contribution is -0.122. The van der Waals surface area contributed by atoms with Crippen molar-refractivity contribution in [3.63, 3.8) is 0 Å². The molecule has 96 valence electrons. The Kier molecular flexibility index (Phi) is 6.22. The zero-order valence-corrected chi connectivity index (χ0v) is 11.6. The second-order valence-electron chi connectivity index (χ2n) is 4.51. The van der Waals surface area contributed by atoms with E-state index in [-0.39, 0.29) is 11.9 Å². The third kappa shape index (κ3) is 4.88. The molecule has 17 heavy (non-hydrogen) atoms. The van der Waals surface area contributed by atoms with Gasteiger partial charge in [-0.1, -0.05) is 19.9 Å². The molecule has 0 fully saturated rings. The summed E-state index contributed by atoms with van der Waals surface area (Å²) in [4.78, 5) is 13.0. The molecule has 1 unspecified atom stereocenters. The predicted octanol–water partition coefficient (Wildman–Crippen LogP) is 2.56. The second-order valence-corrected chi connectivity index (χ2v) is 5.49. The highest BCUT2D eigenvalue weighted by atomic mass is 32.1. The molecule has 0 aliphatic rings. The Labute approximate surface area is 108 Å². The van der Waals surface area contributed by atoms with Crippen molar-refractivity contribution in [3.8, 4) is 0 Å². The average molecular weight is 254 g/mol. The standard InChI is InChI=1S/C13H22N2OS/c1-10(2)13(11-6-5-9-17-11)15-12(16)7-4-8-14-3/h5-6,9-10,13-14H,4,7-8H2,1-3H3,(H,15,16). The first-order chi connectivity index (χ1) is 8.15. The van der Waals surface area contributed by atoms with Gasteiger partial charge < -0.3 is 10.6 Å². The van der Waals surface area contributed by atoms with Crippen LogP contribution in [0.3, 0.4) is 0 Å². The van der Waals surface area contributed by atoms with Gasteiger partial charge in [0.1, 0.15) is 0 Å². The largest absolute Gasteiger partial charge is 0.348 e. The van der Waals surface area contributed by atoms with Crippen LogP contribution in [-0.4, -0.2) is 19.5 Å². The molecule has 4 heteroatoms. The van der Waals surface area contributed by atoms with E-state index in [0.29, 0.717) is 12.3 Å². The van der Waals surface area contributed by atoms with E-state index >= 15 is 0 Å². The molecular formula is C13H22N2OS. The van der Waals surface area contributed by atoms with Crippen LogP contribution >= 0.6 is 11.3 Å². The predicted molar refractivity (Wildman–Crippen MR) is 73.2 cm³/mol. The molecule has 1 atom stereocenters. The number of carbonyl (C=O) groups is 1. The monoisotopic (exact) mass is 254 g/mol. The highest BCUT2D eigenvalue weighted by Gasteiger charge is 2.18. The van der Waals surface area contributed by atoms with E-state index in [1.54, 1.807) is 11.3 Å². The van der Waals surface area contributed by atoms with Crippen molar-refractivity contribution in [2.24, 2.45) is 5.92 Å². The molecule has 0 saturated carbocycles. The maximum Gasteiger partial charge on any atom is 0.220 e. The summed E-state index contributed by atoms with van der Waals surface area (Å²) in [6.07, 6.45) is 1.48. The molecule has 2 N–H and O–H groups in total. The zero-order chi connectivity index (χ0) is 12.7. The van der Waals surface area contributed by atoms with E-state index < -0.39 is 0 Å². The highest BCUT2D eigenvalue weighted by Crippen LogP contribution is 2.25. The molecule has 1 aromatic heterocycles. The van der Waals surface area contributed by atoms with Crippen molar-refractivity contribution in [2.75, 3.05) is 13.6 Å². The lowest BCUT2D eigenvalue weighted by Crippen LogP contribution is -2.31. The van der Waals surface area contributed by atoms with Crippen molar-refractivity contribution >= 4 is 17.2 Å². The summed E-state index contributed by atoms with van der Waals surface area (Å²) in [5, 5.41) is 8.22. The van der Waals surface area contributed by atoms with Gasteiger partial charge in [-0.25, -0.2) is 0 Å². The maximum atomic E-state index is 11.8. The third-order valence-corrected chi connectivity index (χ3v) is 3.62. The number of hydrogen-bond donors (Lipinski definition) is 2. The number of hydrogen-bond acceptors (Lipinski definition) is 3. The van der Waals surface area contributed by atoms with Crippen molar-refractivity contribution < 1.29 is 4.79 Å². The molecule has 0 aliphatic carbocycles. The van der Waals surface area contributed by atoms with Crippen molar-refractivity contribution in [1.29, 1.82) is 0 Å². The topological polar surface area (TPSA) is 41.1 Å². The first-order valence-corrected chi connectivity index (χ1v) is 7.00. The number of thiophene rings is 1. The Hall–Kier alpha value is -0.870. The van der Waals surface area contributed by atoms with Gasteiger partial charge in [0, 0.05) is 11.3 Å². The molecule has 0 bridgehead atoms.